The molecule has 4 aliphatic carbocycles. The van der Waals surface area contributed by atoms with Gasteiger partial charge in [0.1, 0.15) is 0 Å². The number of hydrogen-bond acceptors (Lipinski definition) is 4. The molecule has 0 aromatic rings. The Balaban J connectivity index is 0.000000253. The molecule has 0 aliphatic heterocycles. The molecule has 0 saturated heterocycles. The van der Waals surface area contributed by atoms with E-state index in [4.69, 9.17) is 10.2 Å². The van der Waals surface area contributed by atoms with Gasteiger partial charge in [-0.15, -0.1) is 0 Å². The fourth-order valence-corrected chi connectivity index (χ4v) is 7.43. The van der Waals surface area contributed by atoms with Crippen LogP contribution in [0.4, 0.5) is 0 Å². The van der Waals surface area contributed by atoms with Crippen LogP contribution in [0.5, 0.6) is 0 Å². The van der Waals surface area contributed by atoms with Gasteiger partial charge in [0.15, 0.2) is 0 Å². The summed E-state index contributed by atoms with van der Waals surface area (Å²) in [5.41, 5.74) is 0. The number of carbonyl (C=O) groups is 2. The second kappa shape index (κ2) is 18.6. The van der Waals surface area contributed by atoms with Gasteiger partial charge in [-0.3, -0.25) is 19.4 Å². The SMILES string of the molecule is O=C(O)CCN(C1CCCCC1)C1CCCCC1.O=C(O)CCN(C1CCCCC1)C1CCCCC1.[Ni]. The molecule has 4 rings (SSSR count). The maximum Gasteiger partial charge on any atom is 0.304 e. The number of carboxylic acids is 2. The predicted octanol–water partition coefficient (Wildman–Crippen LogP) is 6.85. The summed E-state index contributed by atoms with van der Waals surface area (Å²) in [4.78, 5) is 26.8. The Hall–Kier alpha value is -0.646. The Morgan fingerprint density at radius 2 is 0.676 bits per heavy atom. The van der Waals surface area contributed by atoms with Crippen molar-refractivity contribution in [2.24, 2.45) is 0 Å². The van der Waals surface area contributed by atoms with Crippen LogP contribution in [0.25, 0.3) is 0 Å². The monoisotopic (exact) mass is 564 g/mol. The zero-order chi connectivity index (χ0) is 25.6. The molecule has 7 heteroatoms. The van der Waals surface area contributed by atoms with Crippen molar-refractivity contribution < 1.29 is 36.3 Å². The smallest absolute Gasteiger partial charge is 0.304 e. The van der Waals surface area contributed by atoms with Gasteiger partial charge in [-0.05, 0) is 51.4 Å². The van der Waals surface area contributed by atoms with E-state index in [-0.39, 0.29) is 16.5 Å². The van der Waals surface area contributed by atoms with E-state index in [2.05, 4.69) is 9.80 Å². The maximum absolute atomic E-state index is 10.8. The van der Waals surface area contributed by atoms with E-state index in [1.165, 1.54) is 128 Å². The van der Waals surface area contributed by atoms with Crippen LogP contribution >= 0.6 is 0 Å². The Kier molecular flexibility index (Phi) is 16.4. The third-order valence-corrected chi connectivity index (χ3v) is 9.34. The van der Waals surface area contributed by atoms with Gasteiger partial charge in [0.2, 0.25) is 0 Å². The van der Waals surface area contributed by atoms with Crippen LogP contribution in [0.2, 0.25) is 0 Å². The molecular weight excluding hydrogens is 511 g/mol. The van der Waals surface area contributed by atoms with E-state index in [0.29, 0.717) is 37.0 Å². The van der Waals surface area contributed by atoms with Gasteiger partial charge >= 0.3 is 11.9 Å². The van der Waals surface area contributed by atoms with Gasteiger partial charge < -0.3 is 10.2 Å². The molecule has 6 nitrogen and oxygen atoms in total. The van der Waals surface area contributed by atoms with Crippen molar-refractivity contribution in [3.8, 4) is 0 Å². The third-order valence-electron chi connectivity index (χ3n) is 9.34. The summed E-state index contributed by atoms with van der Waals surface area (Å²) in [6, 6.07) is 2.67. The summed E-state index contributed by atoms with van der Waals surface area (Å²) in [5.74, 6) is -1.29. The van der Waals surface area contributed by atoms with Crippen LogP contribution < -0.4 is 0 Å². The van der Waals surface area contributed by atoms with E-state index in [9.17, 15) is 9.59 Å². The summed E-state index contributed by atoms with van der Waals surface area (Å²) in [6.45, 7) is 1.54. The second-order valence-electron chi connectivity index (χ2n) is 11.9. The summed E-state index contributed by atoms with van der Waals surface area (Å²) >= 11 is 0. The topological polar surface area (TPSA) is 81.1 Å². The Labute approximate surface area is 236 Å². The minimum atomic E-state index is -0.647. The van der Waals surface area contributed by atoms with E-state index in [1.807, 2.05) is 0 Å². The van der Waals surface area contributed by atoms with Crippen LogP contribution in [0.1, 0.15) is 141 Å². The molecule has 0 aromatic carbocycles. The van der Waals surface area contributed by atoms with Crippen molar-refractivity contribution in [1.29, 1.82) is 0 Å². The van der Waals surface area contributed by atoms with E-state index >= 15 is 0 Å². The quantitative estimate of drug-likeness (QED) is 0.282. The first-order valence-electron chi connectivity index (χ1n) is 15.5. The zero-order valence-electron chi connectivity index (χ0n) is 23.2. The van der Waals surface area contributed by atoms with Crippen molar-refractivity contribution in [3.63, 3.8) is 0 Å². The van der Waals surface area contributed by atoms with Crippen LogP contribution in [0.3, 0.4) is 0 Å². The van der Waals surface area contributed by atoms with Crippen LogP contribution in [0.15, 0.2) is 0 Å². The summed E-state index contributed by atoms with van der Waals surface area (Å²) in [6.07, 6.45) is 27.1. The zero-order valence-corrected chi connectivity index (χ0v) is 24.2. The molecular formula is C30H54N2NiO4. The minimum absolute atomic E-state index is 0. The molecule has 0 amide bonds. The van der Waals surface area contributed by atoms with Crippen molar-refractivity contribution in [1.82, 2.24) is 9.80 Å². The summed E-state index contributed by atoms with van der Waals surface area (Å²) < 4.78 is 0. The van der Waals surface area contributed by atoms with Crippen LogP contribution in [-0.4, -0.2) is 69.2 Å². The van der Waals surface area contributed by atoms with Gasteiger partial charge in [-0.25, -0.2) is 0 Å². The maximum atomic E-state index is 10.8. The standard InChI is InChI=1S/2C15H27NO2.Ni/c2*17-15(18)11-12-16(13-7-3-1-4-8-13)14-9-5-2-6-10-14;/h2*13-14H,1-12H2,(H,17,18);. The molecule has 0 heterocycles. The predicted molar refractivity (Wildman–Crippen MR) is 145 cm³/mol. The van der Waals surface area contributed by atoms with E-state index < -0.39 is 11.9 Å². The molecule has 4 saturated carbocycles. The number of aliphatic carboxylic acids is 2. The average molecular weight is 565 g/mol. The van der Waals surface area contributed by atoms with E-state index in [1.54, 1.807) is 0 Å². The second-order valence-corrected chi connectivity index (χ2v) is 11.9. The number of carboxylic acid groups (broad SMARTS) is 2. The average Bonchev–Trinajstić information content (AvgIpc) is 2.91. The van der Waals surface area contributed by atoms with Crippen molar-refractivity contribution in [2.75, 3.05) is 13.1 Å². The fraction of sp³-hybridized carbons (Fsp3) is 0.933. The molecule has 0 spiro atoms. The van der Waals surface area contributed by atoms with Gasteiger partial charge in [0, 0.05) is 53.7 Å². The first-order chi connectivity index (χ1) is 17.5. The van der Waals surface area contributed by atoms with Gasteiger partial charge in [0.25, 0.3) is 0 Å². The Bertz CT molecular complexity index is 535. The van der Waals surface area contributed by atoms with Crippen molar-refractivity contribution in [2.45, 2.75) is 165 Å². The summed E-state index contributed by atoms with van der Waals surface area (Å²) in [7, 11) is 0. The molecule has 218 valence electrons. The van der Waals surface area contributed by atoms with Gasteiger partial charge in [-0.1, -0.05) is 77.0 Å². The van der Waals surface area contributed by atoms with Crippen LogP contribution in [0, 0.1) is 0 Å². The van der Waals surface area contributed by atoms with E-state index in [0.717, 1.165) is 13.1 Å². The number of rotatable bonds is 10. The van der Waals surface area contributed by atoms with Gasteiger partial charge in [-0.2, -0.15) is 0 Å². The normalized spacial score (nSPS) is 22.8. The number of hydrogen-bond donors (Lipinski definition) is 2. The third kappa shape index (κ3) is 12.0. The largest absolute Gasteiger partial charge is 0.481 e. The molecule has 0 radical (unpaired) electrons. The molecule has 37 heavy (non-hydrogen) atoms. The Morgan fingerprint density at radius 3 is 0.865 bits per heavy atom. The van der Waals surface area contributed by atoms with Gasteiger partial charge in [0.05, 0.1) is 12.8 Å². The Morgan fingerprint density at radius 1 is 0.459 bits per heavy atom. The molecule has 2 N–H and O–H groups in total. The van der Waals surface area contributed by atoms with Crippen molar-refractivity contribution in [3.05, 3.63) is 0 Å². The van der Waals surface area contributed by atoms with Crippen molar-refractivity contribution >= 4 is 11.9 Å². The fourth-order valence-electron chi connectivity index (χ4n) is 7.43. The number of nitrogens with zero attached hydrogens (tertiary/aromatic N) is 2. The molecule has 0 aromatic heterocycles. The summed E-state index contributed by atoms with van der Waals surface area (Å²) in [5, 5.41) is 17.9. The molecule has 0 atom stereocenters. The first-order valence-corrected chi connectivity index (χ1v) is 15.5. The molecule has 0 bridgehead atoms. The molecule has 4 fully saturated rings. The minimum Gasteiger partial charge on any atom is -0.481 e. The molecule has 4 aliphatic rings. The molecule has 0 unspecified atom stereocenters. The van der Waals surface area contributed by atoms with Crippen LogP contribution in [-0.2, 0) is 26.1 Å². The first kappa shape index (κ1) is 32.6.